The van der Waals surface area contributed by atoms with Crippen LogP contribution in [0, 0.1) is 0 Å². The van der Waals surface area contributed by atoms with Crippen molar-refractivity contribution in [2.24, 2.45) is 0 Å². The van der Waals surface area contributed by atoms with Gasteiger partial charge in [-0.15, -0.1) is 0 Å². The number of anilines is 6. The molecule has 8 heteroatoms. The molecule has 0 spiro atoms. The maximum atomic E-state index is 9.76. The molecule has 2 aliphatic rings. The van der Waals surface area contributed by atoms with Crippen LogP contribution in [0.5, 0.6) is 0 Å². The minimum atomic E-state index is -0.573. The Morgan fingerprint density at radius 1 is 0.238 bits per heavy atom. The third kappa shape index (κ3) is 11.5. The molecule has 0 amide bonds. The Balaban J connectivity index is 0.905. The minimum Gasteiger partial charge on any atom is -0.452 e. The Labute approximate surface area is 737 Å². The zero-order valence-electron chi connectivity index (χ0n) is 88.1. The quantitative estimate of drug-likeness (QED) is 0.149. The van der Waals surface area contributed by atoms with Crippen LogP contribution in [0.3, 0.4) is 0 Å². The van der Waals surface area contributed by atoms with E-state index in [9.17, 15) is 16.4 Å². The molecule has 598 valence electrons. The second kappa shape index (κ2) is 26.2. The maximum absolute atomic E-state index is 9.76. The lowest BCUT2D eigenvalue weighted by Gasteiger charge is -2.44. The number of para-hydroxylation sites is 8. The van der Waals surface area contributed by atoms with Crippen molar-refractivity contribution < 1.29 is 30.8 Å². The van der Waals surface area contributed by atoms with Gasteiger partial charge in [0, 0.05) is 82.3 Å². The fourth-order valence-electron chi connectivity index (χ4n) is 19.1. The van der Waals surface area contributed by atoms with E-state index < -0.39 is 103 Å². The molecule has 5 aromatic heterocycles. The normalized spacial score (nSPS) is 15.4. The highest BCUT2D eigenvalue weighted by molar-refractivity contribution is 7.00. The molecule has 0 saturated heterocycles. The summed E-state index contributed by atoms with van der Waals surface area (Å²) >= 11 is 0. The van der Waals surface area contributed by atoms with E-state index in [-0.39, 0.29) is 98.6 Å². The fraction of sp³-hybridized carbons (Fsp3) is 0.211. The van der Waals surface area contributed by atoms with Gasteiger partial charge in [-0.25, -0.2) is 0 Å². The number of hydrogen-bond donors (Lipinski definition) is 0. The topological polar surface area (TPSA) is 47.6 Å². The summed E-state index contributed by atoms with van der Waals surface area (Å²) < 4.78 is 171. The molecule has 20 aromatic rings. The highest BCUT2D eigenvalue weighted by Gasteiger charge is 2.46. The second-order valence-corrected chi connectivity index (χ2v) is 39.8. The van der Waals surface area contributed by atoms with Crippen LogP contribution in [-0.4, -0.2) is 20.4 Å². The molecule has 22 rings (SSSR count). The standard InChI is InChI=1S/C114H102BN5O2/c1-109(2,3)71-48-53-94-86(64-71)87-65-72(110(4,5)6)49-54-95(87)116(94)77-50-52-89-101(66-77)120(99-46-30-38-85-83-36-28-44-97(106(83)122-108(85)99)118-92-41-25-21-33-80(92)81-34-22-26-42-93(81)118)103-61-70(69-57-75(113(13,14)15)63-76(58-69)114(16,17)18)60-102-104(103)115(89)88-51-47-67(68-55-73(111(7,8)9)62-74(56-68)112(10,11)12)59-100(88)119(102)98-45-29-37-84-82-35-27-43-96(105(82)121-107(84)98)117-90-39-23-19-31-78(90)79-32-20-24-40-91(79)117/h19-66H,1-18H3/i19D,20D,21D,22D,23D,24D,25D,26D,31D,32D,33D,34D,39D,40D,41D,42D. The van der Waals surface area contributed by atoms with Crippen LogP contribution in [0.15, 0.2) is 300 Å². The first kappa shape index (κ1) is 59.6. The van der Waals surface area contributed by atoms with Gasteiger partial charge in [0.25, 0.3) is 6.71 Å². The molecular weight excluding hydrogens is 1480 g/mol. The van der Waals surface area contributed by atoms with E-state index in [2.05, 4.69) is 272 Å². The van der Waals surface area contributed by atoms with E-state index in [0.717, 1.165) is 100 Å². The molecule has 0 unspecified atom stereocenters. The predicted molar refractivity (Wildman–Crippen MR) is 521 cm³/mol. The van der Waals surface area contributed by atoms with Crippen LogP contribution in [-0.2, 0) is 32.5 Å². The first-order chi connectivity index (χ1) is 64.9. The van der Waals surface area contributed by atoms with Crippen LogP contribution in [0.2, 0.25) is 0 Å². The molecule has 0 bridgehead atoms. The van der Waals surface area contributed by atoms with Crippen LogP contribution in [0.1, 0.15) is 180 Å². The van der Waals surface area contributed by atoms with Crippen molar-refractivity contribution in [2.75, 3.05) is 9.80 Å². The lowest BCUT2D eigenvalue weighted by molar-refractivity contribution is 0.568. The minimum absolute atomic E-state index is 0.0476. The van der Waals surface area contributed by atoms with Crippen molar-refractivity contribution in [2.45, 2.75) is 157 Å². The molecule has 0 N–H and O–H groups in total. The van der Waals surface area contributed by atoms with Gasteiger partial charge in [0.2, 0.25) is 0 Å². The van der Waals surface area contributed by atoms with Crippen LogP contribution < -0.4 is 26.2 Å². The van der Waals surface area contributed by atoms with Gasteiger partial charge in [0.05, 0.1) is 77.8 Å². The van der Waals surface area contributed by atoms with E-state index in [1.807, 2.05) is 48.5 Å². The molecule has 15 aromatic carbocycles. The number of hydrogen-bond acceptors (Lipinski definition) is 4. The summed E-state index contributed by atoms with van der Waals surface area (Å²) in [6, 6.07) is 61.5. The average molecular weight is 1600 g/mol. The SMILES string of the molecule is [2H]c1c([2H])c([2H])c2c(c1[2H])c1c([2H])c([2H])c([2H])c([2H])c1n2-c1cccc2c1oc1c(N3c4cc(-c5cc(C(C)(C)C)cc(C(C)(C)C)c5)ccc4B4c5ccc(-n6c7ccc(C(C)(C)C)cc7c7cc(C(C)(C)C)ccc76)cc5N(c5cccc6c5oc5c(-n7c8c([2H])c([2H])c([2H])c([2H])c8c8c([2H])c([2H])c([2H])c([2H])c87)cccc56)c5cc(-c6cc(C(C)(C)C)cc(C(C)(C)C)c6)cc3c54)cccc12. The van der Waals surface area contributed by atoms with Gasteiger partial charge in [-0.05, 0) is 208 Å². The Morgan fingerprint density at radius 3 is 0.934 bits per heavy atom. The summed E-state index contributed by atoms with van der Waals surface area (Å²) in [6.07, 6.45) is 0. The van der Waals surface area contributed by atoms with E-state index in [1.54, 1.807) is 12.1 Å². The van der Waals surface area contributed by atoms with Gasteiger partial charge in [-0.2, -0.15) is 0 Å². The lowest BCUT2D eigenvalue weighted by atomic mass is 9.33. The Kier molecular flexibility index (Phi) is 12.8. The number of aromatic nitrogens is 3. The molecule has 7 heterocycles. The van der Waals surface area contributed by atoms with Gasteiger partial charge in [-0.3, -0.25) is 0 Å². The third-order valence-corrected chi connectivity index (χ3v) is 25.8. The van der Waals surface area contributed by atoms with E-state index >= 15 is 0 Å². The maximum Gasteiger partial charge on any atom is 0.252 e. The first-order valence-electron chi connectivity index (χ1n) is 50.3. The summed E-state index contributed by atoms with van der Waals surface area (Å²) in [5.74, 6) is 0. The average Bonchev–Trinajstić information content (AvgIpc) is 0.890. The fourth-order valence-corrected chi connectivity index (χ4v) is 19.1. The van der Waals surface area contributed by atoms with Crippen molar-refractivity contribution in [3.05, 3.63) is 324 Å². The number of nitrogens with zero attached hydrogens (tertiary/aromatic N) is 5. The van der Waals surface area contributed by atoms with Gasteiger partial charge in [0.15, 0.2) is 22.3 Å². The highest BCUT2D eigenvalue weighted by atomic mass is 16.3. The summed E-state index contributed by atoms with van der Waals surface area (Å²) in [5, 5.41) is 4.52. The summed E-state index contributed by atoms with van der Waals surface area (Å²) in [6.45, 7) is 39.9. The monoisotopic (exact) mass is 1600 g/mol. The summed E-state index contributed by atoms with van der Waals surface area (Å²) in [7, 11) is 0. The molecular formula is C114H102BN5O2. The molecule has 0 aliphatic carbocycles. The molecule has 0 radical (unpaired) electrons. The van der Waals surface area contributed by atoms with Crippen LogP contribution in [0.4, 0.5) is 34.1 Å². The van der Waals surface area contributed by atoms with Gasteiger partial charge < -0.3 is 32.3 Å². The number of benzene rings is 15. The lowest BCUT2D eigenvalue weighted by Crippen LogP contribution is -2.61. The van der Waals surface area contributed by atoms with Crippen molar-refractivity contribution in [1.82, 2.24) is 13.7 Å². The van der Waals surface area contributed by atoms with Gasteiger partial charge in [-0.1, -0.05) is 312 Å². The largest absolute Gasteiger partial charge is 0.452 e. The Morgan fingerprint density at radius 2 is 0.557 bits per heavy atom. The Bertz CT molecular complexity index is 8600. The number of fused-ring (bicyclic) bond motifs is 19. The number of furan rings is 2. The Hall–Kier alpha value is -13.0. The smallest absolute Gasteiger partial charge is 0.252 e. The van der Waals surface area contributed by atoms with E-state index in [1.165, 1.54) is 31.4 Å². The van der Waals surface area contributed by atoms with E-state index in [0.29, 0.717) is 44.1 Å². The molecule has 0 saturated carbocycles. The molecule has 122 heavy (non-hydrogen) atoms. The summed E-state index contributed by atoms with van der Waals surface area (Å²) in [4.78, 5) is 4.70. The third-order valence-electron chi connectivity index (χ3n) is 25.8. The zero-order valence-corrected chi connectivity index (χ0v) is 72.1. The number of rotatable bonds is 7. The summed E-state index contributed by atoms with van der Waals surface area (Å²) in [5.41, 5.74) is 20.9. The first-order valence-corrected chi connectivity index (χ1v) is 42.3. The second-order valence-electron chi connectivity index (χ2n) is 39.8. The van der Waals surface area contributed by atoms with Crippen molar-refractivity contribution in [3.8, 4) is 39.3 Å². The van der Waals surface area contributed by atoms with Crippen molar-refractivity contribution in [1.29, 1.82) is 0 Å². The predicted octanol–water partition coefficient (Wildman–Crippen LogP) is 30.0. The van der Waals surface area contributed by atoms with Gasteiger partial charge >= 0.3 is 0 Å². The van der Waals surface area contributed by atoms with Crippen molar-refractivity contribution in [3.63, 3.8) is 0 Å². The molecule has 0 fully saturated rings. The zero-order chi connectivity index (χ0) is 98.0. The van der Waals surface area contributed by atoms with Crippen LogP contribution in [0.25, 0.3) is 149 Å². The molecule has 0 atom stereocenters. The molecule has 2 aliphatic heterocycles. The van der Waals surface area contributed by atoms with E-state index in [4.69, 9.17) is 14.3 Å². The highest BCUT2D eigenvalue weighted by Crippen LogP contribution is 2.54. The molecule has 7 nitrogen and oxygen atoms in total. The van der Waals surface area contributed by atoms with Crippen LogP contribution >= 0.6 is 0 Å². The van der Waals surface area contributed by atoms with Gasteiger partial charge in [0.1, 0.15) is 0 Å². The van der Waals surface area contributed by atoms with Crippen molar-refractivity contribution >= 4 is 167 Å².